The van der Waals surface area contributed by atoms with Gasteiger partial charge < -0.3 is 4.90 Å². The summed E-state index contributed by atoms with van der Waals surface area (Å²) in [6.45, 7) is 1.39. The van der Waals surface area contributed by atoms with Crippen molar-refractivity contribution in [2.75, 3.05) is 37.8 Å². The van der Waals surface area contributed by atoms with Gasteiger partial charge >= 0.3 is 0 Å². The number of fused-ring (bicyclic) bond motifs is 1. The SMILES string of the molecule is CN(C)CCCN(C(=O)CCSc1ccc(Cl)cc1)c1nc2ccc([N+](=O)[O-])cc2s1.Cl. The van der Waals surface area contributed by atoms with Crippen molar-refractivity contribution in [3.05, 3.63) is 57.6 Å². The van der Waals surface area contributed by atoms with Crippen LogP contribution in [0.3, 0.4) is 0 Å². The molecule has 0 saturated carbocycles. The third-order valence-corrected chi connectivity index (χ3v) is 6.80. The molecule has 1 amide bonds. The number of nitrogens with zero attached hydrogens (tertiary/aromatic N) is 4. The highest BCUT2D eigenvalue weighted by atomic mass is 35.5. The number of non-ortho nitro benzene ring substituents is 1. The molecule has 0 radical (unpaired) electrons. The molecule has 172 valence electrons. The summed E-state index contributed by atoms with van der Waals surface area (Å²) in [6, 6.07) is 12.1. The molecule has 1 heterocycles. The van der Waals surface area contributed by atoms with E-state index in [-0.39, 0.29) is 24.0 Å². The van der Waals surface area contributed by atoms with Crippen LogP contribution in [-0.4, -0.2) is 53.7 Å². The second-order valence-corrected chi connectivity index (χ2v) is 9.77. The summed E-state index contributed by atoms with van der Waals surface area (Å²) in [4.78, 5) is 33.1. The van der Waals surface area contributed by atoms with Gasteiger partial charge in [0, 0.05) is 40.8 Å². The molecule has 0 unspecified atom stereocenters. The van der Waals surface area contributed by atoms with E-state index in [2.05, 4.69) is 9.88 Å². The lowest BCUT2D eigenvalue weighted by Gasteiger charge is -2.21. The second kappa shape index (κ2) is 12.4. The van der Waals surface area contributed by atoms with Crippen molar-refractivity contribution < 1.29 is 9.72 Å². The van der Waals surface area contributed by atoms with E-state index in [1.54, 1.807) is 22.7 Å². The van der Waals surface area contributed by atoms with E-state index in [0.29, 0.717) is 39.1 Å². The Kier molecular flexibility index (Phi) is 10.2. The zero-order valence-corrected chi connectivity index (χ0v) is 20.9. The zero-order valence-electron chi connectivity index (χ0n) is 17.7. The molecule has 0 aliphatic rings. The monoisotopic (exact) mass is 514 g/mol. The van der Waals surface area contributed by atoms with Gasteiger partial charge in [0.2, 0.25) is 5.91 Å². The average molecular weight is 515 g/mol. The van der Waals surface area contributed by atoms with Crippen LogP contribution in [0.15, 0.2) is 47.4 Å². The molecule has 1 aromatic heterocycles. The number of rotatable bonds is 10. The number of halogens is 2. The smallest absolute Gasteiger partial charge is 0.270 e. The van der Waals surface area contributed by atoms with Crippen molar-refractivity contribution in [1.82, 2.24) is 9.88 Å². The molecule has 0 N–H and O–H groups in total. The Balaban J connectivity index is 0.00000363. The lowest BCUT2D eigenvalue weighted by Crippen LogP contribution is -2.33. The van der Waals surface area contributed by atoms with E-state index < -0.39 is 4.92 Å². The molecule has 3 rings (SSSR count). The van der Waals surface area contributed by atoms with Gasteiger partial charge in [0.05, 0.1) is 15.1 Å². The van der Waals surface area contributed by atoms with E-state index in [9.17, 15) is 14.9 Å². The summed E-state index contributed by atoms with van der Waals surface area (Å²) in [6.07, 6.45) is 1.17. The van der Waals surface area contributed by atoms with Crippen LogP contribution in [0.2, 0.25) is 5.02 Å². The van der Waals surface area contributed by atoms with Gasteiger partial charge in [0.25, 0.3) is 5.69 Å². The second-order valence-electron chi connectivity index (χ2n) is 7.16. The van der Waals surface area contributed by atoms with Crippen molar-refractivity contribution in [3.8, 4) is 0 Å². The number of benzene rings is 2. The fourth-order valence-electron chi connectivity index (χ4n) is 2.92. The number of carbonyl (C=O) groups is 1. The molecule has 0 bridgehead atoms. The number of thiazole rings is 1. The Morgan fingerprint density at radius 3 is 2.56 bits per heavy atom. The average Bonchev–Trinajstić information content (AvgIpc) is 3.15. The lowest BCUT2D eigenvalue weighted by atomic mass is 10.3. The van der Waals surface area contributed by atoms with Crippen LogP contribution in [0.1, 0.15) is 12.8 Å². The van der Waals surface area contributed by atoms with Gasteiger partial charge in [-0.1, -0.05) is 22.9 Å². The molecule has 0 atom stereocenters. The molecule has 11 heteroatoms. The molecule has 32 heavy (non-hydrogen) atoms. The highest BCUT2D eigenvalue weighted by Crippen LogP contribution is 2.32. The number of carbonyl (C=O) groups excluding carboxylic acids is 1. The minimum atomic E-state index is -0.424. The van der Waals surface area contributed by atoms with Gasteiger partial charge in [-0.3, -0.25) is 19.8 Å². The van der Waals surface area contributed by atoms with E-state index in [1.165, 1.54) is 23.5 Å². The van der Waals surface area contributed by atoms with Crippen LogP contribution in [0.25, 0.3) is 10.2 Å². The summed E-state index contributed by atoms with van der Waals surface area (Å²) in [5.74, 6) is 0.634. The maximum absolute atomic E-state index is 13.1. The fraction of sp³-hybridized carbons (Fsp3) is 0.333. The van der Waals surface area contributed by atoms with Gasteiger partial charge in [-0.25, -0.2) is 4.98 Å². The molecule has 2 aromatic carbocycles. The van der Waals surface area contributed by atoms with Crippen LogP contribution in [0.4, 0.5) is 10.8 Å². The molecular weight excluding hydrogens is 491 g/mol. The largest absolute Gasteiger partial charge is 0.309 e. The number of hydrogen-bond acceptors (Lipinski definition) is 7. The van der Waals surface area contributed by atoms with Gasteiger partial charge in [0.1, 0.15) is 0 Å². The highest BCUT2D eigenvalue weighted by Gasteiger charge is 2.20. The summed E-state index contributed by atoms with van der Waals surface area (Å²) >= 11 is 8.83. The summed E-state index contributed by atoms with van der Waals surface area (Å²) in [5.41, 5.74) is 0.680. The van der Waals surface area contributed by atoms with E-state index >= 15 is 0 Å². The normalized spacial score (nSPS) is 10.9. The van der Waals surface area contributed by atoms with Gasteiger partial charge in [-0.15, -0.1) is 24.2 Å². The van der Waals surface area contributed by atoms with Crippen molar-refractivity contribution in [2.45, 2.75) is 17.7 Å². The molecule has 0 aliphatic carbocycles. The number of nitro groups is 1. The zero-order chi connectivity index (χ0) is 22.4. The minimum Gasteiger partial charge on any atom is -0.309 e. The molecule has 3 aromatic rings. The first-order valence-electron chi connectivity index (χ1n) is 9.72. The predicted octanol–water partition coefficient (Wildman–Crippen LogP) is 5.75. The van der Waals surface area contributed by atoms with Crippen molar-refractivity contribution in [3.63, 3.8) is 0 Å². The molecule has 0 spiro atoms. The van der Waals surface area contributed by atoms with Crippen molar-refractivity contribution >= 4 is 74.0 Å². The number of anilines is 1. The Hall–Kier alpha value is -1.91. The summed E-state index contributed by atoms with van der Waals surface area (Å²) in [7, 11) is 3.98. The number of aromatic nitrogens is 1. The van der Waals surface area contributed by atoms with E-state index in [4.69, 9.17) is 11.6 Å². The van der Waals surface area contributed by atoms with E-state index in [1.807, 2.05) is 38.4 Å². The number of thioether (sulfide) groups is 1. The first kappa shape index (κ1) is 26.3. The quantitative estimate of drug-likeness (QED) is 0.194. The number of amides is 1. The van der Waals surface area contributed by atoms with Crippen molar-refractivity contribution in [2.24, 2.45) is 0 Å². The molecule has 0 saturated heterocycles. The van der Waals surface area contributed by atoms with Crippen LogP contribution >= 0.6 is 47.1 Å². The third-order valence-electron chi connectivity index (χ3n) is 4.49. The van der Waals surface area contributed by atoms with Crippen molar-refractivity contribution in [1.29, 1.82) is 0 Å². The summed E-state index contributed by atoms with van der Waals surface area (Å²) in [5, 5.41) is 12.3. The maximum atomic E-state index is 13.1. The maximum Gasteiger partial charge on any atom is 0.270 e. The molecule has 0 fully saturated rings. The minimum absolute atomic E-state index is 0. The lowest BCUT2D eigenvalue weighted by molar-refractivity contribution is -0.384. The van der Waals surface area contributed by atoms with E-state index in [0.717, 1.165) is 17.9 Å². The van der Waals surface area contributed by atoms with Crippen LogP contribution in [0.5, 0.6) is 0 Å². The standard InChI is InChI=1S/C21H23ClN4O3S2.ClH/c1-24(2)11-3-12-25(20(27)10-13-30-17-7-4-15(22)5-8-17)21-23-18-9-6-16(26(28)29)14-19(18)31-21;/h4-9,14H,3,10-13H2,1-2H3;1H. The highest BCUT2D eigenvalue weighted by molar-refractivity contribution is 7.99. The Bertz CT molecular complexity index is 1060. The van der Waals surface area contributed by atoms with Crippen LogP contribution < -0.4 is 4.90 Å². The number of hydrogen-bond donors (Lipinski definition) is 0. The van der Waals surface area contributed by atoms with Gasteiger partial charge in [-0.2, -0.15) is 0 Å². The first-order chi connectivity index (χ1) is 14.8. The fourth-order valence-corrected chi connectivity index (χ4v) is 4.93. The Morgan fingerprint density at radius 1 is 1.19 bits per heavy atom. The number of nitro benzene ring substituents is 1. The molecule has 7 nitrogen and oxygen atoms in total. The summed E-state index contributed by atoms with van der Waals surface area (Å²) < 4.78 is 0.699. The third kappa shape index (κ3) is 7.31. The molecule has 0 aliphatic heterocycles. The topological polar surface area (TPSA) is 79.6 Å². The van der Waals surface area contributed by atoms with Gasteiger partial charge in [0.15, 0.2) is 5.13 Å². The van der Waals surface area contributed by atoms with Gasteiger partial charge in [-0.05, 0) is 57.4 Å². The Morgan fingerprint density at radius 2 is 1.91 bits per heavy atom. The Labute approximate surface area is 206 Å². The predicted molar refractivity (Wildman–Crippen MR) is 136 cm³/mol. The first-order valence-corrected chi connectivity index (χ1v) is 11.9. The van der Waals surface area contributed by atoms with Crippen LogP contribution in [0, 0.1) is 10.1 Å². The molecular formula is C21H24Cl2N4O3S2. The van der Waals surface area contributed by atoms with Crippen LogP contribution in [-0.2, 0) is 4.79 Å².